The summed E-state index contributed by atoms with van der Waals surface area (Å²) in [6.07, 6.45) is 11.3. The van der Waals surface area contributed by atoms with Gasteiger partial charge in [-0.2, -0.15) is 0 Å². The number of tetrazole rings is 1. The Morgan fingerprint density at radius 1 is 1.08 bits per heavy atom. The van der Waals surface area contributed by atoms with E-state index in [2.05, 4.69) is 52.5 Å². The van der Waals surface area contributed by atoms with Gasteiger partial charge in [-0.15, -0.1) is 10.2 Å². The minimum absolute atomic E-state index is 0.353. The molecule has 0 aliphatic carbocycles. The second-order valence-electron chi connectivity index (χ2n) is 6.38. The highest BCUT2D eigenvalue weighted by Crippen LogP contribution is 2.45. The van der Waals surface area contributed by atoms with E-state index >= 15 is 0 Å². The summed E-state index contributed by atoms with van der Waals surface area (Å²) in [6, 6.07) is 6.87. The number of benzene rings is 1. The van der Waals surface area contributed by atoms with Crippen molar-refractivity contribution in [2.24, 2.45) is 0 Å². The maximum Gasteiger partial charge on any atom is 0.164 e. The largest absolute Gasteiger partial charge is 0.232 e. The van der Waals surface area contributed by atoms with Crippen LogP contribution in [0.25, 0.3) is 0 Å². The Kier molecular flexibility index (Phi) is 6.12. The van der Waals surface area contributed by atoms with Gasteiger partial charge in [-0.05, 0) is 42.2 Å². The van der Waals surface area contributed by atoms with E-state index in [9.17, 15) is 0 Å². The van der Waals surface area contributed by atoms with Crippen molar-refractivity contribution in [3.63, 3.8) is 0 Å². The SMILES string of the molecule is CCCCCc1ccc2c(c1)N(n1ncnn1)C(CCCCC)S2. The standard InChI is InChI=1S/C18H27N5S/c1-3-5-7-9-15-11-12-17-16(13-15)22(23-20-14-19-21-23)18(24-17)10-8-6-4-2/h11-14,18H,3-10H2,1-2H3. The first-order valence-corrected chi connectivity index (χ1v) is 10.0. The molecule has 0 amide bonds. The lowest BCUT2D eigenvalue weighted by Gasteiger charge is -2.24. The second-order valence-corrected chi connectivity index (χ2v) is 7.60. The van der Waals surface area contributed by atoms with E-state index in [1.807, 2.05) is 11.8 Å². The molecule has 0 N–H and O–H groups in total. The Labute approximate surface area is 148 Å². The molecule has 0 radical (unpaired) electrons. The lowest BCUT2D eigenvalue weighted by atomic mass is 10.1. The normalized spacial score (nSPS) is 16.6. The van der Waals surface area contributed by atoms with Crippen molar-refractivity contribution < 1.29 is 0 Å². The van der Waals surface area contributed by atoms with Crippen LogP contribution in [0.2, 0.25) is 0 Å². The minimum Gasteiger partial charge on any atom is -0.232 e. The van der Waals surface area contributed by atoms with Crippen molar-refractivity contribution in [2.75, 3.05) is 5.01 Å². The molecule has 2 heterocycles. The molecule has 0 spiro atoms. The topological polar surface area (TPSA) is 46.8 Å². The van der Waals surface area contributed by atoms with Crippen molar-refractivity contribution in [1.29, 1.82) is 0 Å². The molecule has 5 nitrogen and oxygen atoms in total. The summed E-state index contributed by atoms with van der Waals surface area (Å²) in [5.74, 6) is 0. The highest BCUT2D eigenvalue weighted by atomic mass is 32.2. The Hall–Kier alpha value is -1.56. The Bertz CT molecular complexity index is 628. The summed E-state index contributed by atoms with van der Waals surface area (Å²) in [6.45, 7) is 4.49. The molecule has 1 atom stereocenters. The maximum atomic E-state index is 4.29. The number of fused-ring (bicyclic) bond motifs is 1. The van der Waals surface area contributed by atoms with Gasteiger partial charge in [0.15, 0.2) is 6.33 Å². The van der Waals surface area contributed by atoms with E-state index in [4.69, 9.17) is 0 Å². The molecule has 1 unspecified atom stereocenters. The van der Waals surface area contributed by atoms with Crippen molar-refractivity contribution in [3.05, 3.63) is 30.1 Å². The van der Waals surface area contributed by atoms with Crippen molar-refractivity contribution in [2.45, 2.75) is 75.5 Å². The van der Waals surface area contributed by atoms with E-state index in [1.54, 1.807) is 4.91 Å². The van der Waals surface area contributed by atoms with Gasteiger partial charge in [-0.25, -0.2) is 5.01 Å². The zero-order valence-corrected chi connectivity index (χ0v) is 15.5. The predicted octanol–water partition coefficient (Wildman–Crippen LogP) is 4.69. The minimum atomic E-state index is 0.353. The number of nitrogens with zero attached hydrogens (tertiary/aromatic N) is 5. The third kappa shape index (κ3) is 3.91. The van der Waals surface area contributed by atoms with Crippen LogP contribution >= 0.6 is 11.8 Å². The average molecular weight is 346 g/mol. The molecule has 24 heavy (non-hydrogen) atoms. The van der Waals surface area contributed by atoms with E-state index in [-0.39, 0.29) is 0 Å². The molecule has 2 aromatic rings. The first kappa shape index (κ1) is 17.3. The predicted molar refractivity (Wildman–Crippen MR) is 99.2 cm³/mol. The molecule has 6 heteroatoms. The molecule has 1 aliphatic rings. The van der Waals surface area contributed by atoms with Gasteiger partial charge in [0.1, 0.15) is 5.37 Å². The molecule has 130 valence electrons. The zero-order valence-electron chi connectivity index (χ0n) is 14.7. The molecular weight excluding hydrogens is 318 g/mol. The van der Waals surface area contributed by atoms with Crippen LogP contribution in [0.1, 0.15) is 64.4 Å². The van der Waals surface area contributed by atoms with Gasteiger partial charge in [0.2, 0.25) is 0 Å². The lowest BCUT2D eigenvalue weighted by Crippen LogP contribution is -2.36. The number of anilines is 1. The molecule has 3 rings (SSSR count). The quantitative estimate of drug-likeness (QED) is 0.617. The van der Waals surface area contributed by atoms with Gasteiger partial charge >= 0.3 is 0 Å². The van der Waals surface area contributed by atoms with Crippen LogP contribution < -0.4 is 5.01 Å². The molecular formula is C18H27N5S. The fraction of sp³-hybridized carbons (Fsp3) is 0.611. The molecule has 1 aromatic carbocycles. The highest BCUT2D eigenvalue weighted by molar-refractivity contribution is 8.00. The Morgan fingerprint density at radius 2 is 1.92 bits per heavy atom. The molecule has 0 fully saturated rings. The van der Waals surface area contributed by atoms with Crippen LogP contribution in [0.4, 0.5) is 5.69 Å². The van der Waals surface area contributed by atoms with Crippen LogP contribution in [-0.4, -0.2) is 25.7 Å². The zero-order chi connectivity index (χ0) is 16.8. The van der Waals surface area contributed by atoms with E-state index in [1.165, 1.54) is 61.0 Å². The van der Waals surface area contributed by atoms with Crippen LogP contribution in [-0.2, 0) is 6.42 Å². The lowest BCUT2D eigenvalue weighted by molar-refractivity contribution is 0.491. The van der Waals surface area contributed by atoms with Gasteiger partial charge in [-0.3, -0.25) is 0 Å². The smallest absolute Gasteiger partial charge is 0.164 e. The molecule has 0 bridgehead atoms. The number of thioether (sulfide) groups is 1. The number of hydrogen-bond acceptors (Lipinski definition) is 5. The fourth-order valence-electron chi connectivity index (χ4n) is 3.15. The maximum absolute atomic E-state index is 4.29. The number of aryl methyl sites for hydroxylation is 1. The summed E-state index contributed by atoms with van der Waals surface area (Å²) in [4.78, 5) is 2.98. The number of hydrogen-bond donors (Lipinski definition) is 0. The number of rotatable bonds is 9. The Balaban J connectivity index is 1.80. The van der Waals surface area contributed by atoms with E-state index in [0.717, 1.165) is 12.8 Å². The van der Waals surface area contributed by atoms with Gasteiger partial charge in [-0.1, -0.05) is 68.7 Å². The summed E-state index contributed by atoms with van der Waals surface area (Å²) in [5.41, 5.74) is 2.63. The highest BCUT2D eigenvalue weighted by Gasteiger charge is 2.32. The van der Waals surface area contributed by atoms with Crippen LogP contribution in [0, 0.1) is 0 Å². The average Bonchev–Trinajstić information content (AvgIpc) is 3.22. The molecule has 0 saturated heterocycles. The molecule has 1 aliphatic heterocycles. The van der Waals surface area contributed by atoms with Gasteiger partial charge < -0.3 is 0 Å². The van der Waals surface area contributed by atoms with Crippen molar-refractivity contribution >= 4 is 17.4 Å². The number of unbranched alkanes of at least 4 members (excludes halogenated alkanes) is 4. The van der Waals surface area contributed by atoms with Crippen molar-refractivity contribution in [3.8, 4) is 0 Å². The third-order valence-corrected chi connectivity index (χ3v) is 5.77. The Morgan fingerprint density at radius 3 is 2.67 bits per heavy atom. The summed E-state index contributed by atoms with van der Waals surface area (Å²) in [5, 5.41) is 14.9. The summed E-state index contributed by atoms with van der Waals surface area (Å²) in [7, 11) is 0. The number of aromatic nitrogens is 4. The van der Waals surface area contributed by atoms with Crippen LogP contribution in [0.15, 0.2) is 29.4 Å². The van der Waals surface area contributed by atoms with Crippen LogP contribution in [0.5, 0.6) is 0 Å². The van der Waals surface area contributed by atoms with Gasteiger partial charge in [0.25, 0.3) is 0 Å². The molecule has 1 aromatic heterocycles. The summed E-state index contributed by atoms with van der Waals surface area (Å²) >= 11 is 1.93. The van der Waals surface area contributed by atoms with Crippen LogP contribution in [0.3, 0.4) is 0 Å². The summed E-state index contributed by atoms with van der Waals surface area (Å²) < 4.78 is 0. The van der Waals surface area contributed by atoms with Gasteiger partial charge in [0, 0.05) is 4.90 Å². The third-order valence-electron chi connectivity index (χ3n) is 4.46. The fourth-order valence-corrected chi connectivity index (χ4v) is 4.45. The van der Waals surface area contributed by atoms with Gasteiger partial charge in [0.05, 0.1) is 5.69 Å². The first-order chi connectivity index (χ1) is 11.8. The second kappa shape index (κ2) is 8.51. The van der Waals surface area contributed by atoms with Crippen molar-refractivity contribution in [1.82, 2.24) is 20.3 Å². The van der Waals surface area contributed by atoms with E-state index < -0.39 is 0 Å². The monoisotopic (exact) mass is 345 g/mol. The van der Waals surface area contributed by atoms with E-state index in [0.29, 0.717) is 5.37 Å². The first-order valence-electron chi connectivity index (χ1n) is 9.15. The molecule has 0 saturated carbocycles.